The third kappa shape index (κ3) is 4.64. The molecule has 1 rings (SSSR count). The highest BCUT2D eigenvalue weighted by Gasteiger charge is 2.20. The fourth-order valence-electron chi connectivity index (χ4n) is 2.19. The van der Waals surface area contributed by atoms with Crippen LogP contribution in [0.2, 0.25) is 0 Å². The Morgan fingerprint density at radius 3 is 2.47 bits per heavy atom. The first-order chi connectivity index (χ1) is 8.19. The molecule has 1 heterocycles. The van der Waals surface area contributed by atoms with Gasteiger partial charge in [0.05, 0.1) is 6.04 Å². The SMILES string of the molecule is CCN(CC)C(=O)C(C)NCC1CCOCC1. The van der Waals surface area contributed by atoms with Gasteiger partial charge in [-0.25, -0.2) is 0 Å². The number of nitrogens with zero attached hydrogens (tertiary/aromatic N) is 1. The molecule has 1 unspecified atom stereocenters. The molecule has 0 saturated carbocycles. The number of carbonyl (C=O) groups is 1. The summed E-state index contributed by atoms with van der Waals surface area (Å²) in [5.41, 5.74) is 0. The van der Waals surface area contributed by atoms with Gasteiger partial charge in [0.2, 0.25) is 5.91 Å². The number of nitrogens with one attached hydrogen (secondary N) is 1. The summed E-state index contributed by atoms with van der Waals surface area (Å²) in [6.45, 7) is 10.2. The van der Waals surface area contributed by atoms with Gasteiger partial charge in [0, 0.05) is 26.3 Å². The van der Waals surface area contributed by atoms with E-state index < -0.39 is 0 Å². The van der Waals surface area contributed by atoms with Crippen molar-refractivity contribution < 1.29 is 9.53 Å². The molecule has 0 spiro atoms. The van der Waals surface area contributed by atoms with Crippen LogP contribution in [0.1, 0.15) is 33.6 Å². The Bertz CT molecular complexity index is 223. The Morgan fingerprint density at radius 2 is 1.94 bits per heavy atom. The van der Waals surface area contributed by atoms with E-state index in [1.165, 1.54) is 0 Å². The molecule has 1 fully saturated rings. The summed E-state index contributed by atoms with van der Waals surface area (Å²) in [7, 11) is 0. The number of hydrogen-bond acceptors (Lipinski definition) is 3. The maximum Gasteiger partial charge on any atom is 0.239 e. The van der Waals surface area contributed by atoms with E-state index in [2.05, 4.69) is 5.32 Å². The van der Waals surface area contributed by atoms with E-state index in [-0.39, 0.29) is 11.9 Å². The summed E-state index contributed by atoms with van der Waals surface area (Å²) in [5, 5.41) is 3.35. The van der Waals surface area contributed by atoms with Crippen molar-refractivity contribution in [3.8, 4) is 0 Å². The van der Waals surface area contributed by atoms with Crippen LogP contribution in [0.5, 0.6) is 0 Å². The lowest BCUT2D eigenvalue weighted by atomic mass is 10.00. The molecule has 0 bridgehead atoms. The first-order valence-corrected chi connectivity index (χ1v) is 6.78. The quantitative estimate of drug-likeness (QED) is 0.762. The van der Waals surface area contributed by atoms with Crippen LogP contribution in [0.4, 0.5) is 0 Å². The number of amides is 1. The zero-order valence-corrected chi connectivity index (χ0v) is 11.4. The van der Waals surface area contributed by atoms with Gasteiger partial charge >= 0.3 is 0 Å². The molecule has 1 aliphatic heterocycles. The molecule has 1 atom stereocenters. The van der Waals surface area contributed by atoms with E-state index >= 15 is 0 Å². The van der Waals surface area contributed by atoms with Crippen molar-refractivity contribution in [1.29, 1.82) is 0 Å². The highest BCUT2D eigenvalue weighted by atomic mass is 16.5. The van der Waals surface area contributed by atoms with Gasteiger partial charge in [-0.1, -0.05) is 0 Å². The molecule has 4 nitrogen and oxygen atoms in total. The third-order valence-electron chi connectivity index (χ3n) is 3.50. The minimum atomic E-state index is -0.0715. The van der Waals surface area contributed by atoms with Gasteiger partial charge in [0.1, 0.15) is 0 Å². The Balaban J connectivity index is 2.27. The molecule has 1 N–H and O–H groups in total. The highest BCUT2D eigenvalue weighted by molar-refractivity contribution is 5.81. The number of carbonyl (C=O) groups excluding carboxylic acids is 1. The summed E-state index contributed by atoms with van der Waals surface area (Å²) < 4.78 is 5.32. The molecule has 17 heavy (non-hydrogen) atoms. The zero-order chi connectivity index (χ0) is 12.7. The summed E-state index contributed by atoms with van der Waals surface area (Å²) in [6.07, 6.45) is 2.22. The molecule has 4 heteroatoms. The topological polar surface area (TPSA) is 41.6 Å². The van der Waals surface area contributed by atoms with Gasteiger partial charge in [0.25, 0.3) is 0 Å². The Kier molecular flexibility index (Phi) is 6.52. The fraction of sp³-hybridized carbons (Fsp3) is 0.923. The summed E-state index contributed by atoms with van der Waals surface area (Å²) in [6, 6.07) is -0.0715. The normalized spacial score (nSPS) is 19.0. The van der Waals surface area contributed by atoms with Crippen molar-refractivity contribution in [3.63, 3.8) is 0 Å². The van der Waals surface area contributed by atoms with Gasteiger partial charge in [-0.05, 0) is 46.1 Å². The maximum atomic E-state index is 12.0. The predicted molar refractivity (Wildman–Crippen MR) is 68.9 cm³/mol. The zero-order valence-electron chi connectivity index (χ0n) is 11.4. The van der Waals surface area contributed by atoms with Crippen LogP contribution < -0.4 is 5.32 Å². The van der Waals surface area contributed by atoms with Crippen molar-refractivity contribution in [3.05, 3.63) is 0 Å². The fourth-order valence-corrected chi connectivity index (χ4v) is 2.19. The molecule has 1 aliphatic rings. The van der Waals surface area contributed by atoms with Crippen molar-refractivity contribution in [1.82, 2.24) is 10.2 Å². The van der Waals surface area contributed by atoms with E-state index in [4.69, 9.17) is 4.74 Å². The molecular weight excluding hydrogens is 216 g/mol. The number of rotatable bonds is 6. The van der Waals surface area contributed by atoms with Crippen molar-refractivity contribution in [2.45, 2.75) is 39.7 Å². The first kappa shape index (κ1) is 14.5. The van der Waals surface area contributed by atoms with Crippen LogP contribution in [-0.2, 0) is 9.53 Å². The number of ether oxygens (including phenoxy) is 1. The van der Waals surface area contributed by atoms with Crippen molar-refractivity contribution in [2.24, 2.45) is 5.92 Å². The van der Waals surface area contributed by atoms with Gasteiger partial charge < -0.3 is 15.0 Å². The first-order valence-electron chi connectivity index (χ1n) is 6.78. The van der Waals surface area contributed by atoms with Crippen molar-refractivity contribution >= 4 is 5.91 Å². The minimum Gasteiger partial charge on any atom is -0.381 e. The van der Waals surface area contributed by atoms with Gasteiger partial charge in [-0.15, -0.1) is 0 Å². The molecule has 0 aromatic heterocycles. The Labute approximate surface area is 105 Å². The lowest BCUT2D eigenvalue weighted by Gasteiger charge is -2.27. The van der Waals surface area contributed by atoms with Crippen LogP contribution in [0, 0.1) is 5.92 Å². The molecule has 0 aliphatic carbocycles. The minimum absolute atomic E-state index is 0.0715. The molecular formula is C13H26N2O2. The second kappa shape index (κ2) is 7.67. The molecule has 1 saturated heterocycles. The largest absolute Gasteiger partial charge is 0.381 e. The second-order valence-electron chi connectivity index (χ2n) is 4.70. The Morgan fingerprint density at radius 1 is 1.35 bits per heavy atom. The van der Waals surface area contributed by atoms with Crippen LogP contribution in [0.25, 0.3) is 0 Å². The predicted octanol–water partition coefficient (Wildman–Crippen LogP) is 1.26. The summed E-state index contributed by atoms with van der Waals surface area (Å²) in [5.74, 6) is 0.873. The maximum absolute atomic E-state index is 12.0. The smallest absolute Gasteiger partial charge is 0.239 e. The molecule has 100 valence electrons. The standard InChI is InChI=1S/C13H26N2O2/c1-4-15(5-2)13(16)11(3)14-10-12-6-8-17-9-7-12/h11-12,14H,4-10H2,1-3H3. The molecule has 0 aromatic rings. The second-order valence-corrected chi connectivity index (χ2v) is 4.70. The third-order valence-corrected chi connectivity index (χ3v) is 3.50. The van der Waals surface area contributed by atoms with E-state index in [0.29, 0.717) is 5.92 Å². The van der Waals surface area contributed by atoms with Crippen molar-refractivity contribution in [2.75, 3.05) is 32.8 Å². The van der Waals surface area contributed by atoms with E-state index in [0.717, 1.165) is 45.7 Å². The van der Waals surface area contributed by atoms with Crippen LogP contribution in [0.15, 0.2) is 0 Å². The number of likely N-dealkylation sites (N-methyl/N-ethyl adjacent to an activating group) is 1. The van der Waals surface area contributed by atoms with Gasteiger partial charge in [-0.2, -0.15) is 0 Å². The average molecular weight is 242 g/mol. The van der Waals surface area contributed by atoms with E-state index in [1.54, 1.807) is 0 Å². The van der Waals surface area contributed by atoms with Gasteiger partial charge in [-0.3, -0.25) is 4.79 Å². The van der Waals surface area contributed by atoms with E-state index in [1.807, 2.05) is 25.7 Å². The lowest BCUT2D eigenvalue weighted by Crippen LogP contribution is -2.46. The van der Waals surface area contributed by atoms with E-state index in [9.17, 15) is 4.79 Å². The van der Waals surface area contributed by atoms with Crippen LogP contribution in [-0.4, -0.2) is 49.7 Å². The highest BCUT2D eigenvalue weighted by Crippen LogP contribution is 2.13. The molecule has 0 radical (unpaired) electrons. The van der Waals surface area contributed by atoms with Gasteiger partial charge in [0.15, 0.2) is 0 Å². The van der Waals surface area contributed by atoms with Crippen LogP contribution in [0.3, 0.4) is 0 Å². The Hall–Kier alpha value is -0.610. The number of hydrogen-bond donors (Lipinski definition) is 1. The lowest BCUT2D eigenvalue weighted by molar-refractivity contribution is -0.132. The van der Waals surface area contributed by atoms with Crippen LogP contribution >= 0.6 is 0 Å². The molecule has 0 aromatic carbocycles. The average Bonchev–Trinajstić information content (AvgIpc) is 2.38. The summed E-state index contributed by atoms with van der Waals surface area (Å²) in [4.78, 5) is 13.9. The monoisotopic (exact) mass is 242 g/mol. The summed E-state index contributed by atoms with van der Waals surface area (Å²) >= 11 is 0. The molecule has 1 amide bonds.